The molecule has 0 aliphatic heterocycles. The molecule has 0 spiro atoms. The maximum Gasteiger partial charge on any atom is 0.343 e. The fourth-order valence-corrected chi connectivity index (χ4v) is 2.72. The summed E-state index contributed by atoms with van der Waals surface area (Å²) in [4.78, 5) is 34.4. The van der Waals surface area contributed by atoms with Crippen LogP contribution in [-0.4, -0.2) is 36.7 Å². The maximum atomic E-state index is 12.2. The summed E-state index contributed by atoms with van der Waals surface area (Å²) in [7, 11) is 1.55. The average molecular weight is 448 g/mol. The lowest BCUT2D eigenvalue weighted by Crippen LogP contribution is -2.26. The molecule has 0 saturated heterocycles. The minimum absolute atomic E-state index is 0.00422. The Morgan fingerprint density at radius 1 is 1.06 bits per heavy atom. The van der Waals surface area contributed by atoms with E-state index >= 15 is 0 Å². The number of nitro groups is 1. The standard InChI is InChI=1S/C23H20N4O6/c1-32-21-8-3-2-7-20(21)24-15-22(28)26-25-14-16-9-11-19(12-10-16)33-23(29)17-5-4-6-18(13-17)27(30)31/h2-14,24H,15H2,1H3,(H,26,28)/b25-14+. The van der Waals surface area contributed by atoms with Crippen molar-refractivity contribution >= 4 is 29.5 Å². The van der Waals surface area contributed by atoms with Crippen molar-refractivity contribution < 1.29 is 24.0 Å². The van der Waals surface area contributed by atoms with E-state index in [9.17, 15) is 19.7 Å². The van der Waals surface area contributed by atoms with Crippen molar-refractivity contribution in [3.8, 4) is 11.5 Å². The van der Waals surface area contributed by atoms with Crippen molar-refractivity contribution in [1.82, 2.24) is 5.43 Å². The van der Waals surface area contributed by atoms with Gasteiger partial charge in [0.1, 0.15) is 11.5 Å². The molecule has 3 aromatic carbocycles. The third-order valence-electron chi connectivity index (χ3n) is 4.33. The highest BCUT2D eigenvalue weighted by atomic mass is 16.6. The van der Waals surface area contributed by atoms with Gasteiger partial charge in [0.05, 0.1) is 36.0 Å². The number of nitrogens with zero attached hydrogens (tertiary/aromatic N) is 2. The number of hydrazone groups is 1. The van der Waals surface area contributed by atoms with E-state index in [0.29, 0.717) is 17.0 Å². The van der Waals surface area contributed by atoms with Gasteiger partial charge in [-0.1, -0.05) is 18.2 Å². The second-order valence-electron chi connectivity index (χ2n) is 6.61. The molecule has 0 bridgehead atoms. The van der Waals surface area contributed by atoms with Crippen molar-refractivity contribution in [1.29, 1.82) is 0 Å². The van der Waals surface area contributed by atoms with Crippen LogP contribution in [0, 0.1) is 10.1 Å². The lowest BCUT2D eigenvalue weighted by molar-refractivity contribution is -0.384. The molecule has 0 saturated carbocycles. The van der Waals surface area contributed by atoms with E-state index in [1.807, 2.05) is 12.1 Å². The Balaban J connectivity index is 1.49. The normalized spacial score (nSPS) is 10.5. The quantitative estimate of drug-likeness (QED) is 0.169. The number of anilines is 1. The molecule has 0 aliphatic rings. The van der Waals surface area contributed by atoms with Gasteiger partial charge in [-0.15, -0.1) is 0 Å². The molecule has 2 N–H and O–H groups in total. The van der Waals surface area contributed by atoms with Crippen LogP contribution in [0.4, 0.5) is 11.4 Å². The monoisotopic (exact) mass is 448 g/mol. The molecule has 0 aromatic heterocycles. The molecule has 0 aliphatic carbocycles. The topological polar surface area (TPSA) is 132 Å². The first kappa shape index (κ1) is 22.9. The van der Waals surface area contributed by atoms with Gasteiger partial charge in [0, 0.05) is 12.1 Å². The van der Waals surface area contributed by atoms with E-state index in [1.54, 1.807) is 43.5 Å². The van der Waals surface area contributed by atoms with E-state index in [1.165, 1.54) is 24.4 Å². The molecular weight excluding hydrogens is 428 g/mol. The summed E-state index contributed by atoms with van der Waals surface area (Å²) in [5, 5.41) is 17.7. The molecule has 0 heterocycles. The SMILES string of the molecule is COc1ccccc1NCC(=O)N/N=C/c1ccc(OC(=O)c2cccc([N+](=O)[O-])c2)cc1. The Hall–Kier alpha value is -4.73. The smallest absolute Gasteiger partial charge is 0.343 e. The number of para-hydroxylation sites is 2. The summed E-state index contributed by atoms with van der Waals surface area (Å²) in [6, 6.07) is 18.9. The highest BCUT2D eigenvalue weighted by molar-refractivity contribution is 5.92. The zero-order valence-electron chi connectivity index (χ0n) is 17.6. The van der Waals surface area contributed by atoms with Crippen LogP contribution in [0.2, 0.25) is 0 Å². The number of carbonyl (C=O) groups is 2. The zero-order valence-corrected chi connectivity index (χ0v) is 17.6. The van der Waals surface area contributed by atoms with Crippen LogP contribution in [0.3, 0.4) is 0 Å². The van der Waals surface area contributed by atoms with Crippen LogP contribution in [0.1, 0.15) is 15.9 Å². The molecule has 0 atom stereocenters. The van der Waals surface area contributed by atoms with Crippen LogP contribution in [0.5, 0.6) is 11.5 Å². The molecule has 168 valence electrons. The fourth-order valence-electron chi connectivity index (χ4n) is 2.72. The van der Waals surface area contributed by atoms with Crippen LogP contribution in [-0.2, 0) is 4.79 Å². The van der Waals surface area contributed by atoms with E-state index in [2.05, 4.69) is 15.8 Å². The van der Waals surface area contributed by atoms with Crippen molar-refractivity contribution in [3.05, 3.63) is 94.0 Å². The predicted octanol–water partition coefficient (Wildman–Crippen LogP) is 3.38. The summed E-state index contributed by atoms with van der Waals surface area (Å²) >= 11 is 0. The summed E-state index contributed by atoms with van der Waals surface area (Å²) in [5.74, 6) is -0.177. The number of hydrogen-bond donors (Lipinski definition) is 2. The van der Waals surface area contributed by atoms with Gasteiger partial charge in [-0.3, -0.25) is 14.9 Å². The number of nitrogens with one attached hydrogen (secondary N) is 2. The minimum atomic E-state index is -0.713. The number of amides is 1. The first-order chi connectivity index (χ1) is 16.0. The van der Waals surface area contributed by atoms with E-state index in [0.717, 1.165) is 6.07 Å². The number of non-ortho nitro benzene ring substituents is 1. The first-order valence-electron chi connectivity index (χ1n) is 9.72. The van der Waals surface area contributed by atoms with E-state index in [4.69, 9.17) is 9.47 Å². The van der Waals surface area contributed by atoms with Crippen molar-refractivity contribution in [3.63, 3.8) is 0 Å². The molecule has 3 rings (SSSR count). The molecule has 33 heavy (non-hydrogen) atoms. The Morgan fingerprint density at radius 2 is 1.82 bits per heavy atom. The van der Waals surface area contributed by atoms with Gasteiger partial charge in [-0.25, -0.2) is 10.2 Å². The van der Waals surface area contributed by atoms with Crippen LogP contribution >= 0.6 is 0 Å². The second kappa shape index (κ2) is 11.0. The number of methoxy groups -OCH3 is 1. The minimum Gasteiger partial charge on any atom is -0.495 e. The number of nitro benzene ring substituents is 1. The first-order valence-corrected chi connectivity index (χ1v) is 9.72. The highest BCUT2D eigenvalue weighted by Gasteiger charge is 2.13. The molecule has 0 fully saturated rings. The summed E-state index contributed by atoms with van der Waals surface area (Å²) in [6.45, 7) is 0.00422. The summed E-state index contributed by atoms with van der Waals surface area (Å²) in [6.07, 6.45) is 1.44. The van der Waals surface area contributed by atoms with Gasteiger partial charge < -0.3 is 14.8 Å². The Morgan fingerprint density at radius 3 is 2.55 bits per heavy atom. The van der Waals surface area contributed by atoms with E-state index < -0.39 is 10.9 Å². The Bertz CT molecular complexity index is 1180. The Kier molecular flexibility index (Phi) is 7.68. The number of benzene rings is 3. The number of esters is 1. The van der Waals surface area contributed by atoms with Crippen LogP contribution in [0.15, 0.2) is 77.9 Å². The number of rotatable bonds is 9. The second-order valence-corrected chi connectivity index (χ2v) is 6.61. The molecule has 10 heteroatoms. The third-order valence-corrected chi connectivity index (χ3v) is 4.33. The lowest BCUT2D eigenvalue weighted by atomic mass is 10.2. The molecule has 0 radical (unpaired) electrons. The third kappa shape index (κ3) is 6.62. The Labute approximate surface area is 189 Å². The van der Waals surface area contributed by atoms with Crippen LogP contribution in [0.25, 0.3) is 0 Å². The molecule has 3 aromatic rings. The zero-order chi connectivity index (χ0) is 23.6. The van der Waals surface area contributed by atoms with Gasteiger partial charge in [0.2, 0.25) is 0 Å². The van der Waals surface area contributed by atoms with Crippen LogP contribution < -0.4 is 20.2 Å². The molecule has 0 unspecified atom stereocenters. The number of hydrogen-bond acceptors (Lipinski definition) is 8. The van der Waals surface area contributed by atoms with Gasteiger partial charge in [0.15, 0.2) is 0 Å². The largest absolute Gasteiger partial charge is 0.495 e. The van der Waals surface area contributed by atoms with Crippen molar-refractivity contribution in [2.45, 2.75) is 0 Å². The van der Waals surface area contributed by atoms with Gasteiger partial charge in [0.25, 0.3) is 11.6 Å². The average Bonchev–Trinajstić information content (AvgIpc) is 2.84. The fraction of sp³-hybridized carbons (Fsp3) is 0.0870. The van der Waals surface area contributed by atoms with Crippen molar-refractivity contribution in [2.75, 3.05) is 19.0 Å². The summed E-state index contributed by atoms with van der Waals surface area (Å²) in [5.41, 5.74) is 3.62. The molecule has 1 amide bonds. The van der Waals surface area contributed by atoms with Gasteiger partial charge in [-0.05, 0) is 48.0 Å². The van der Waals surface area contributed by atoms with Gasteiger partial charge in [-0.2, -0.15) is 5.10 Å². The molecule has 10 nitrogen and oxygen atoms in total. The predicted molar refractivity (Wildman–Crippen MR) is 122 cm³/mol. The molecular formula is C23H20N4O6. The number of carbonyl (C=O) groups excluding carboxylic acids is 2. The summed E-state index contributed by atoms with van der Waals surface area (Å²) < 4.78 is 10.4. The van der Waals surface area contributed by atoms with Crippen molar-refractivity contribution in [2.24, 2.45) is 5.10 Å². The lowest BCUT2D eigenvalue weighted by Gasteiger charge is -2.09. The van der Waals surface area contributed by atoms with Gasteiger partial charge >= 0.3 is 5.97 Å². The van der Waals surface area contributed by atoms with E-state index in [-0.39, 0.29) is 29.5 Å². The number of ether oxygens (including phenoxy) is 2. The maximum absolute atomic E-state index is 12.2. The highest BCUT2D eigenvalue weighted by Crippen LogP contribution is 2.22.